The highest BCUT2D eigenvalue weighted by atomic mass is 16.5. The number of aliphatic carboxylic acids is 1. The van der Waals surface area contributed by atoms with Crippen LogP contribution in [-0.2, 0) is 4.79 Å². The maximum atomic E-state index is 10.8. The van der Waals surface area contributed by atoms with Gasteiger partial charge in [0.2, 0.25) is 0 Å². The zero-order valence-corrected chi connectivity index (χ0v) is 10.2. The summed E-state index contributed by atoms with van der Waals surface area (Å²) in [4.78, 5) is 10.8. The van der Waals surface area contributed by atoms with E-state index in [-0.39, 0.29) is 6.42 Å². The van der Waals surface area contributed by atoms with Gasteiger partial charge in [0.15, 0.2) is 0 Å². The van der Waals surface area contributed by atoms with E-state index < -0.39 is 5.97 Å². The van der Waals surface area contributed by atoms with Gasteiger partial charge >= 0.3 is 5.97 Å². The molecule has 0 unspecified atom stereocenters. The third-order valence-corrected chi connectivity index (χ3v) is 3.21. The van der Waals surface area contributed by atoms with Crippen molar-refractivity contribution in [2.24, 2.45) is 0 Å². The van der Waals surface area contributed by atoms with Gasteiger partial charge < -0.3 is 9.84 Å². The van der Waals surface area contributed by atoms with Crippen molar-refractivity contribution in [2.75, 3.05) is 21.2 Å². The summed E-state index contributed by atoms with van der Waals surface area (Å²) in [5, 5.41) is 8.91. The first-order chi connectivity index (χ1) is 7.95. The van der Waals surface area contributed by atoms with Crippen LogP contribution in [0.15, 0.2) is 23.9 Å². The highest BCUT2D eigenvalue weighted by Gasteiger charge is 2.35. The van der Waals surface area contributed by atoms with E-state index in [1.165, 1.54) is 0 Å². The first-order valence-corrected chi connectivity index (χ1v) is 5.40. The predicted molar refractivity (Wildman–Crippen MR) is 66.9 cm³/mol. The maximum absolute atomic E-state index is 10.8. The molecule has 4 nitrogen and oxygen atoms in total. The number of carbonyl (C=O) groups is 1. The number of methoxy groups -OCH3 is 1. The molecule has 0 aromatic heterocycles. The maximum Gasteiger partial charge on any atom is 0.313 e. The summed E-state index contributed by atoms with van der Waals surface area (Å²) >= 11 is 0. The Morgan fingerprint density at radius 3 is 2.71 bits per heavy atom. The first-order valence-electron chi connectivity index (χ1n) is 5.40. The molecule has 0 aliphatic carbocycles. The summed E-state index contributed by atoms with van der Waals surface area (Å²) in [7, 11) is 5.61. The van der Waals surface area contributed by atoms with Gasteiger partial charge in [-0.15, -0.1) is 0 Å². The summed E-state index contributed by atoms with van der Waals surface area (Å²) in [5.74, 6) is -0.0150. The van der Waals surface area contributed by atoms with Crippen LogP contribution in [0.2, 0.25) is 0 Å². The van der Waals surface area contributed by atoms with E-state index in [1.807, 2.05) is 38.4 Å². The highest BCUT2D eigenvalue weighted by molar-refractivity contribution is 5.82. The number of quaternary nitrogens is 1. The minimum absolute atomic E-state index is 0.0595. The fraction of sp³-hybridized carbons (Fsp3) is 0.308. The molecule has 1 aromatic carbocycles. The van der Waals surface area contributed by atoms with Crippen LogP contribution in [0.4, 0.5) is 5.69 Å². The van der Waals surface area contributed by atoms with E-state index in [9.17, 15) is 4.79 Å². The monoisotopic (exact) mass is 234 g/mol. The molecule has 0 bridgehead atoms. The molecule has 1 heterocycles. The largest absolute Gasteiger partial charge is 0.497 e. The summed E-state index contributed by atoms with van der Waals surface area (Å²) in [6.07, 6.45) is 2.00. The molecule has 1 aliphatic rings. The van der Waals surface area contributed by atoms with Crippen molar-refractivity contribution in [3.63, 3.8) is 0 Å². The number of carboxylic acids is 1. The first kappa shape index (κ1) is 11.7. The number of rotatable bonds is 3. The Morgan fingerprint density at radius 2 is 2.12 bits per heavy atom. The molecule has 0 radical (unpaired) electrons. The number of fused-ring (bicyclic) bond motifs is 1. The molecule has 0 fully saturated rings. The standard InChI is InChI=1S/C13H15NO3/c1-14(2)10(8-13(15)16)6-9-7-11(17-3)4-5-12(9)14/h4-7H,8H2,1-3H3/p+1. The Morgan fingerprint density at radius 1 is 1.41 bits per heavy atom. The molecule has 2 rings (SSSR count). The van der Waals surface area contributed by atoms with Crippen molar-refractivity contribution < 1.29 is 14.6 Å². The molecule has 4 heteroatoms. The molecule has 0 amide bonds. The zero-order valence-electron chi connectivity index (χ0n) is 10.2. The lowest BCUT2D eigenvalue weighted by Gasteiger charge is -2.27. The van der Waals surface area contributed by atoms with Crippen LogP contribution >= 0.6 is 0 Å². The number of carboxylic acid groups (broad SMARTS) is 1. The van der Waals surface area contributed by atoms with E-state index in [1.54, 1.807) is 7.11 Å². The summed E-state index contributed by atoms with van der Waals surface area (Å²) in [5.41, 5.74) is 3.01. The SMILES string of the molecule is COc1ccc2c(c1)C=C(CC(=O)O)[N+]2(C)C. The molecule has 1 N–H and O–H groups in total. The second kappa shape index (κ2) is 3.89. The van der Waals surface area contributed by atoms with Crippen molar-refractivity contribution in [3.05, 3.63) is 29.5 Å². The quantitative estimate of drug-likeness (QED) is 0.814. The Kier molecular flexibility index (Phi) is 2.67. The second-order valence-electron chi connectivity index (χ2n) is 4.58. The van der Waals surface area contributed by atoms with Crippen molar-refractivity contribution >= 4 is 17.7 Å². The van der Waals surface area contributed by atoms with Gasteiger partial charge in [-0.05, 0) is 12.1 Å². The predicted octanol–water partition coefficient (Wildman–Crippen LogP) is 2.09. The third kappa shape index (κ3) is 1.91. The molecule has 1 aromatic rings. The zero-order chi connectivity index (χ0) is 12.6. The second-order valence-corrected chi connectivity index (χ2v) is 4.58. The third-order valence-electron chi connectivity index (χ3n) is 3.21. The topological polar surface area (TPSA) is 46.5 Å². The van der Waals surface area contributed by atoms with Gasteiger partial charge in [0, 0.05) is 17.7 Å². The minimum atomic E-state index is -0.803. The van der Waals surface area contributed by atoms with Gasteiger partial charge in [-0.25, -0.2) is 0 Å². The van der Waals surface area contributed by atoms with Crippen molar-refractivity contribution in [1.82, 2.24) is 4.48 Å². The van der Waals surface area contributed by atoms with Crippen molar-refractivity contribution in [3.8, 4) is 5.75 Å². The molecule has 0 atom stereocenters. The van der Waals surface area contributed by atoms with Crippen LogP contribution in [0.3, 0.4) is 0 Å². The van der Waals surface area contributed by atoms with Crippen molar-refractivity contribution in [1.29, 1.82) is 0 Å². The Labute approximate surface area is 100 Å². The lowest BCUT2D eigenvalue weighted by molar-refractivity contribution is -0.136. The van der Waals surface area contributed by atoms with Crippen LogP contribution in [0.25, 0.3) is 6.08 Å². The average Bonchev–Trinajstić information content (AvgIpc) is 2.49. The van der Waals surface area contributed by atoms with Crippen LogP contribution in [0, 0.1) is 0 Å². The number of nitrogens with zero attached hydrogens (tertiary/aromatic N) is 1. The van der Waals surface area contributed by atoms with Crippen LogP contribution in [0.1, 0.15) is 12.0 Å². The molecule has 90 valence electrons. The molecular formula is C13H16NO3+. The molecular weight excluding hydrogens is 218 g/mol. The molecule has 17 heavy (non-hydrogen) atoms. The number of benzene rings is 1. The molecule has 0 saturated heterocycles. The van der Waals surface area contributed by atoms with E-state index in [0.29, 0.717) is 4.48 Å². The van der Waals surface area contributed by atoms with E-state index in [4.69, 9.17) is 9.84 Å². The van der Waals surface area contributed by atoms with Gasteiger partial charge in [0.1, 0.15) is 23.6 Å². The van der Waals surface area contributed by atoms with Gasteiger partial charge in [-0.2, -0.15) is 0 Å². The summed E-state index contributed by atoms with van der Waals surface area (Å²) in [6, 6.07) is 5.82. The van der Waals surface area contributed by atoms with Gasteiger partial charge in [-0.3, -0.25) is 9.28 Å². The smallest absolute Gasteiger partial charge is 0.313 e. The Balaban J connectivity index is 2.45. The minimum Gasteiger partial charge on any atom is -0.497 e. The molecule has 0 saturated carbocycles. The van der Waals surface area contributed by atoms with Crippen LogP contribution in [0.5, 0.6) is 5.75 Å². The molecule has 1 aliphatic heterocycles. The van der Waals surface area contributed by atoms with Crippen molar-refractivity contribution in [2.45, 2.75) is 6.42 Å². The van der Waals surface area contributed by atoms with E-state index >= 15 is 0 Å². The Hall–Kier alpha value is -1.81. The van der Waals surface area contributed by atoms with Crippen LogP contribution < -0.4 is 9.22 Å². The summed E-state index contributed by atoms with van der Waals surface area (Å²) < 4.78 is 5.66. The Bertz CT molecular complexity index is 503. The molecule has 0 spiro atoms. The van der Waals surface area contributed by atoms with Gasteiger partial charge in [0.05, 0.1) is 21.2 Å². The number of hydrogen-bond donors (Lipinski definition) is 1. The highest BCUT2D eigenvalue weighted by Crippen LogP contribution is 2.40. The van der Waals surface area contributed by atoms with E-state index in [0.717, 1.165) is 22.7 Å². The number of hydrogen-bond acceptors (Lipinski definition) is 2. The lowest BCUT2D eigenvalue weighted by Crippen LogP contribution is -2.37. The van der Waals surface area contributed by atoms with Gasteiger partial charge in [-0.1, -0.05) is 0 Å². The van der Waals surface area contributed by atoms with Gasteiger partial charge in [0.25, 0.3) is 0 Å². The number of ether oxygens (including phenoxy) is 1. The lowest BCUT2D eigenvalue weighted by atomic mass is 10.2. The fourth-order valence-corrected chi connectivity index (χ4v) is 2.18. The average molecular weight is 234 g/mol. The summed E-state index contributed by atoms with van der Waals surface area (Å²) in [6.45, 7) is 0. The van der Waals surface area contributed by atoms with Crippen LogP contribution in [-0.4, -0.2) is 32.3 Å². The van der Waals surface area contributed by atoms with E-state index in [2.05, 4.69) is 0 Å². The fourth-order valence-electron chi connectivity index (χ4n) is 2.18. The normalized spacial score (nSPS) is 16.3.